The van der Waals surface area contributed by atoms with Crippen molar-refractivity contribution in [2.45, 2.75) is 6.54 Å². The van der Waals surface area contributed by atoms with E-state index >= 15 is 0 Å². The minimum Gasteiger partial charge on any atom is -0.454 e. The molecule has 1 aliphatic heterocycles. The largest absolute Gasteiger partial charge is 0.454 e. The highest BCUT2D eigenvalue weighted by Gasteiger charge is 2.15. The smallest absolute Gasteiger partial charge is 0.231 e. The number of rotatable bonds is 3. The van der Waals surface area contributed by atoms with Gasteiger partial charge < -0.3 is 14.8 Å². The van der Waals surface area contributed by atoms with E-state index in [0.717, 1.165) is 33.7 Å². The highest BCUT2D eigenvalue weighted by Crippen LogP contribution is 2.37. The maximum Gasteiger partial charge on any atom is 0.231 e. The molecule has 0 radical (unpaired) electrons. The summed E-state index contributed by atoms with van der Waals surface area (Å²) >= 11 is 0. The van der Waals surface area contributed by atoms with Crippen molar-refractivity contribution in [1.29, 1.82) is 0 Å². The Hall–Kier alpha value is -2.76. The van der Waals surface area contributed by atoms with Crippen molar-refractivity contribution in [3.63, 3.8) is 0 Å². The van der Waals surface area contributed by atoms with E-state index < -0.39 is 0 Å². The number of pyridine rings is 1. The number of aromatic nitrogens is 3. The van der Waals surface area contributed by atoms with Crippen molar-refractivity contribution in [3.8, 4) is 11.5 Å². The summed E-state index contributed by atoms with van der Waals surface area (Å²) in [5.41, 5.74) is 1.11. The van der Waals surface area contributed by atoms with E-state index in [4.69, 9.17) is 9.47 Å². The molecule has 0 aliphatic carbocycles. The Bertz CT molecular complexity index is 813. The quantitative estimate of drug-likeness (QED) is 0.798. The molecule has 0 amide bonds. The molecule has 3 heterocycles. The Morgan fingerprint density at radius 2 is 2.14 bits per heavy atom. The molecular weight excluding hydrogens is 268 g/mol. The van der Waals surface area contributed by atoms with Crippen LogP contribution in [0, 0.1) is 0 Å². The second-order valence-corrected chi connectivity index (χ2v) is 4.96. The number of aryl methyl sites for hydroxylation is 1. The molecule has 21 heavy (non-hydrogen) atoms. The van der Waals surface area contributed by atoms with Crippen LogP contribution in [0.15, 0.2) is 36.8 Å². The molecule has 0 saturated carbocycles. The summed E-state index contributed by atoms with van der Waals surface area (Å²) in [5, 5.41) is 9.60. The first kappa shape index (κ1) is 12.0. The fourth-order valence-corrected chi connectivity index (χ4v) is 2.45. The Morgan fingerprint density at radius 1 is 1.29 bits per heavy atom. The number of benzene rings is 1. The highest BCUT2D eigenvalue weighted by atomic mass is 16.7. The van der Waals surface area contributed by atoms with Gasteiger partial charge in [0.25, 0.3) is 0 Å². The van der Waals surface area contributed by atoms with Gasteiger partial charge in [-0.1, -0.05) is 0 Å². The zero-order chi connectivity index (χ0) is 14.2. The zero-order valence-electron chi connectivity index (χ0n) is 11.5. The lowest BCUT2D eigenvalue weighted by Crippen LogP contribution is -2.01. The maximum atomic E-state index is 5.44. The third-order valence-electron chi connectivity index (χ3n) is 3.48. The minimum absolute atomic E-state index is 0.275. The molecule has 0 unspecified atom stereocenters. The standard InChI is InChI=1S/C15H14N4O2/c1-19-8-10(7-18-19)6-17-15-12-5-14-13(20-9-21-14)4-11(12)2-3-16-15/h2-5,7-8H,6,9H2,1H3,(H,16,17). The monoisotopic (exact) mass is 282 g/mol. The molecule has 0 bridgehead atoms. The average Bonchev–Trinajstić information content (AvgIpc) is 3.11. The summed E-state index contributed by atoms with van der Waals surface area (Å²) in [6, 6.07) is 5.91. The number of hydrogen-bond acceptors (Lipinski definition) is 5. The van der Waals surface area contributed by atoms with Gasteiger partial charge in [-0.3, -0.25) is 4.68 Å². The first-order chi connectivity index (χ1) is 10.3. The highest BCUT2D eigenvalue weighted by molar-refractivity contribution is 5.94. The third-order valence-corrected chi connectivity index (χ3v) is 3.48. The predicted octanol–water partition coefficient (Wildman–Crippen LogP) is 2.31. The number of nitrogens with zero attached hydrogens (tertiary/aromatic N) is 3. The van der Waals surface area contributed by atoms with E-state index in [1.54, 1.807) is 10.9 Å². The van der Waals surface area contributed by atoms with Gasteiger partial charge in [0, 0.05) is 36.9 Å². The van der Waals surface area contributed by atoms with Gasteiger partial charge in [0.15, 0.2) is 11.5 Å². The van der Waals surface area contributed by atoms with Crippen molar-refractivity contribution in [3.05, 3.63) is 42.4 Å². The topological polar surface area (TPSA) is 61.2 Å². The van der Waals surface area contributed by atoms with Gasteiger partial charge in [-0.25, -0.2) is 4.98 Å². The van der Waals surface area contributed by atoms with Crippen molar-refractivity contribution in [2.75, 3.05) is 12.1 Å². The Kier molecular flexibility index (Phi) is 2.67. The summed E-state index contributed by atoms with van der Waals surface area (Å²) in [6.45, 7) is 0.950. The second-order valence-electron chi connectivity index (χ2n) is 4.96. The molecule has 106 valence electrons. The van der Waals surface area contributed by atoms with Crippen LogP contribution in [0.4, 0.5) is 5.82 Å². The van der Waals surface area contributed by atoms with Crippen LogP contribution in [0.25, 0.3) is 10.8 Å². The second kappa shape index (κ2) is 4.66. The molecule has 0 atom stereocenters. The summed E-state index contributed by atoms with van der Waals surface area (Å²) in [6.07, 6.45) is 5.61. The summed E-state index contributed by atoms with van der Waals surface area (Å²) < 4.78 is 12.6. The van der Waals surface area contributed by atoms with Crippen molar-refractivity contribution < 1.29 is 9.47 Å². The number of anilines is 1. The number of ether oxygens (including phenoxy) is 2. The Labute approximate surface area is 121 Å². The SMILES string of the molecule is Cn1cc(CNc2nccc3cc4c(cc23)OCO4)cn1. The van der Waals surface area contributed by atoms with E-state index in [1.807, 2.05) is 37.6 Å². The van der Waals surface area contributed by atoms with Gasteiger partial charge in [0.1, 0.15) is 5.82 Å². The summed E-state index contributed by atoms with van der Waals surface area (Å²) in [4.78, 5) is 4.42. The van der Waals surface area contributed by atoms with Gasteiger partial charge in [-0.2, -0.15) is 5.10 Å². The van der Waals surface area contributed by atoms with Gasteiger partial charge in [-0.05, 0) is 23.6 Å². The van der Waals surface area contributed by atoms with E-state index in [-0.39, 0.29) is 6.79 Å². The van der Waals surface area contributed by atoms with Crippen LogP contribution in [0.3, 0.4) is 0 Å². The molecule has 6 heteroatoms. The van der Waals surface area contributed by atoms with Gasteiger partial charge in [0.05, 0.1) is 6.20 Å². The first-order valence-corrected chi connectivity index (χ1v) is 6.69. The summed E-state index contributed by atoms with van der Waals surface area (Å²) in [5.74, 6) is 2.38. The van der Waals surface area contributed by atoms with Crippen LogP contribution < -0.4 is 14.8 Å². The molecule has 3 aromatic rings. The van der Waals surface area contributed by atoms with Gasteiger partial charge in [0.2, 0.25) is 6.79 Å². The number of fused-ring (bicyclic) bond motifs is 2. The van der Waals surface area contributed by atoms with Crippen LogP contribution in [0.5, 0.6) is 11.5 Å². The molecular formula is C15H14N4O2. The van der Waals surface area contributed by atoms with Gasteiger partial charge >= 0.3 is 0 Å². The zero-order valence-corrected chi connectivity index (χ0v) is 11.5. The molecule has 1 N–H and O–H groups in total. The molecule has 1 aliphatic rings. The van der Waals surface area contributed by atoms with Crippen LogP contribution >= 0.6 is 0 Å². The lowest BCUT2D eigenvalue weighted by molar-refractivity contribution is 0.174. The lowest BCUT2D eigenvalue weighted by Gasteiger charge is -2.08. The third kappa shape index (κ3) is 2.14. The lowest BCUT2D eigenvalue weighted by atomic mass is 10.1. The minimum atomic E-state index is 0.275. The maximum absolute atomic E-state index is 5.44. The molecule has 4 rings (SSSR count). The number of hydrogen-bond donors (Lipinski definition) is 1. The van der Waals surface area contributed by atoms with Gasteiger partial charge in [-0.15, -0.1) is 0 Å². The van der Waals surface area contributed by atoms with Crippen LogP contribution in [0.2, 0.25) is 0 Å². The summed E-state index contributed by atoms with van der Waals surface area (Å²) in [7, 11) is 1.90. The fraction of sp³-hybridized carbons (Fsp3) is 0.200. The molecule has 6 nitrogen and oxygen atoms in total. The molecule has 0 spiro atoms. The molecule has 2 aromatic heterocycles. The normalized spacial score (nSPS) is 12.8. The molecule has 0 fully saturated rings. The van der Waals surface area contributed by atoms with Crippen LogP contribution in [-0.4, -0.2) is 21.6 Å². The fourth-order valence-electron chi connectivity index (χ4n) is 2.45. The average molecular weight is 282 g/mol. The van der Waals surface area contributed by atoms with Crippen molar-refractivity contribution >= 4 is 16.6 Å². The molecule has 1 aromatic carbocycles. The van der Waals surface area contributed by atoms with E-state index in [0.29, 0.717) is 6.54 Å². The Balaban J connectivity index is 1.68. The Morgan fingerprint density at radius 3 is 2.95 bits per heavy atom. The van der Waals surface area contributed by atoms with E-state index in [2.05, 4.69) is 15.4 Å². The van der Waals surface area contributed by atoms with Crippen molar-refractivity contribution in [2.24, 2.45) is 7.05 Å². The van der Waals surface area contributed by atoms with Crippen molar-refractivity contribution in [1.82, 2.24) is 14.8 Å². The number of nitrogens with one attached hydrogen (secondary N) is 1. The van der Waals surface area contributed by atoms with Crippen LogP contribution in [0.1, 0.15) is 5.56 Å². The van der Waals surface area contributed by atoms with E-state index in [9.17, 15) is 0 Å². The van der Waals surface area contributed by atoms with E-state index in [1.165, 1.54) is 0 Å². The molecule has 0 saturated heterocycles. The first-order valence-electron chi connectivity index (χ1n) is 6.69. The van der Waals surface area contributed by atoms with Crippen LogP contribution in [-0.2, 0) is 13.6 Å². The predicted molar refractivity (Wildman–Crippen MR) is 78.4 cm³/mol.